The lowest BCUT2D eigenvalue weighted by atomic mass is 10.3. The lowest BCUT2D eigenvalue weighted by Crippen LogP contribution is -2.18. The Morgan fingerprint density at radius 3 is 2.57 bits per heavy atom. The highest BCUT2D eigenvalue weighted by Gasteiger charge is 2.13. The molecule has 5 nitrogen and oxygen atoms in total. The molecule has 2 rings (SSSR count). The molecule has 0 aliphatic carbocycles. The number of ketones is 1. The zero-order valence-corrected chi connectivity index (χ0v) is 14.8. The van der Waals surface area contributed by atoms with Gasteiger partial charge in [-0.1, -0.05) is 11.3 Å². The Morgan fingerprint density at radius 1 is 1.30 bits per heavy atom. The minimum atomic E-state index is 0.0619. The second-order valence-electron chi connectivity index (χ2n) is 5.04. The van der Waals surface area contributed by atoms with Crippen molar-refractivity contribution >= 4 is 22.8 Å². The highest BCUT2D eigenvalue weighted by Crippen LogP contribution is 2.19. The Kier molecular flexibility index (Phi) is 6.12. The van der Waals surface area contributed by atoms with E-state index in [2.05, 4.69) is 4.99 Å². The van der Waals surface area contributed by atoms with Crippen LogP contribution in [0.1, 0.15) is 29.2 Å². The third kappa shape index (κ3) is 4.30. The largest absolute Gasteiger partial charge is 0.494 e. The first-order valence-corrected chi connectivity index (χ1v) is 8.36. The van der Waals surface area contributed by atoms with Crippen molar-refractivity contribution in [2.24, 2.45) is 4.99 Å². The fourth-order valence-corrected chi connectivity index (χ4v) is 3.31. The summed E-state index contributed by atoms with van der Waals surface area (Å²) in [6, 6.07) is 7.62. The molecule has 2 aromatic rings. The second-order valence-corrected chi connectivity index (χ2v) is 6.02. The molecule has 23 heavy (non-hydrogen) atoms. The Labute approximate surface area is 140 Å². The molecule has 0 unspecified atom stereocenters. The summed E-state index contributed by atoms with van der Waals surface area (Å²) in [6.45, 7) is 7.36. The van der Waals surface area contributed by atoms with Crippen molar-refractivity contribution in [3.05, 3.63) is 39.6 Å². The van der Waals surface area contributed by atoms with E-state index in [0.717, 1.165) is 26.8 Å². The zero-order chi connectivity index (χ0) is 16.8. The van der Waals surface area contributed by atoms with Crippen molar-refractivity contribution in [3.8, 4) is 5.75 Å². The minimum Gasteiger partial charge on any atom is -0.494 e. The van der Waals surface area contributed by atoms with E-state index in [1.165, 1.54) is 11.3 Å². The molecule has 1 aromatic carbocycles. The van der Waals surface area contributed by atoms with Gasteiger partial charge in [0.25, 0.3) is 0 Å². The number of methoxy groups -OCH3 is 1. The summed E-state index contributed by atoms with van der Waals surface area (Å²) in [7, 11) is 1.66. The van der Waals surface area contributed by atoms with Crippen LogP contribution in [0.2, 0.25) is 0 Å². The van der Waals surface area contributed by atoms with E-state index in [-0.39, 0.29) is 5.78 Å². The van der Waals surface area contributed by atoms with Crippen LogP contribution in [-0.2, 0) is 11.3 Å². The van der Waals surface area contributed by atoms with Gasteiger partial charge in [-0.3, -0.25) is 4.79 Å². The van der Waals surface area contributed by atoms with Gasteiger partial charge < -0.3 is 14.0 Å². The van der Waals surface area contributed by atoms with E-state index in [4.69, 9.17) is 9.47 Å². The number of nitrogens with zero attached hydrogens (tertiary/aromatic N) is 2. The first-order valence-electron chi connectivity index (χ1n) is 7.54. The summed E-state index contributed by atoms with van der Waals surface area (Å²) in [5, 5.41) is 0. The normalized spacial score (nSPS) is 11.7. The number of Topliss-reactive ketones (excluding diaryl/α,β-unsaturated/α-hetero) is 1. The van der Waals surface area contributed by atoms with E-state index >= 15 is 0 Å². The lowest BCUT2D eigenvalue weighted by molar-refractivity contribution is 0.102. The summed E-state index contributed by atoms with van der Waals surface area (Å²) >= 11 is 1.41. The Morgan fingerprint density at radius 2 is 2.00 bits per heavy atom. The van der Waals surface area contributed by atoms with Crippen LogP contribution in [-0.4, -0.2) is 30.7 Å². The molecule has 0 spiro atoms. The van der Waals surface area contributed by atoms with Gasteiger partial charge in [-0.15, -0.1) is 0 Å². The zero-order valence-electron chi connectivity index (χ0n) is 14.0. The Bertz CT molecular complexity index is 729. The topological polar surface area (TPSA) is 52.8 Å². The van der Waals surface area contributed by atoms with Crippen LogP contribution < -0.4 is 9.54 Å². The van der Waals surface area contributed by atoms with Gasteiger partial charge in [0.15, 0.2) is 10.6 Å². The molecular formula is C17H22N2O3S. The monoisotopic (exact) mass is 334 g/mol. The van der Waals surface area contributed by atoms with E-state index in [9.17, 15) is 4.79 Å². The average molecular weight is 334 g/mol. The van der Waals surface area contributed by atoms with Gasteiger partial charge in [-0.25, -0.2) is 4.99 Å². The molecule has 6 heteroatoms. The van der Waals surface area contributed by atoms with Gasteiger partial charge in [0.05, 0.1) is 23.8 Å². The van der Waals surface area contributed by atoms with Crippen LogP contribution in [0.15, 0.2) is 29.3 Å². The molecule has 0 aliphatic heterocycles. The molecule has 0 saturated carbocycles. The number of carbonyl (C=O) groups excluding carboxylic acids is 1. The molecule has 0 amide bonds. The number of thiazole rings is 1. The van der Waals surface area contributed by atoms with Crippen LogP contribution in [0, 0.1) is 6.92 Å². The number of rotatable bonds is 7. The highest BCUT2D eigenvalue weighted by atomic mass is 32.1. The van der Waals surface area contributed by atoms with Gasteiger partial charge in [-0.2, -0.15) is 0 Å². The molecular weight excluding hydrogens is 312 g/mol. The molecule has 0 fully saturated rings. The maximum Gasteiger partial charge on any atom is 0.190 e. The van der Waals surface area contributed by atoms with Crippen molar-refractivity contribution < 1.29 is 14.3 Å². The lowest BCUT2D eigenvalue weighted by Gasteiger charge is -2.05. The van der Waals surface area contributed by atoms with Crippen LogP contribution in [0.3, 0.4) is 0 Å². The smallest absolute Gasteiger partial charge is 0.190 e. The molecule has 0 atom stereocenters. The van der Waals surface area contributed by atoms with Crippen molar-refractivity contribution in [1.82, 2.24) is 4.57 Å². The highest BCUT2D eigenvalue weighted by molar-refractivity contribution is 7.11. The van der Waals surface area contributed by atoms with E-state index in [0.29, 0.717) is 19.8 Å². The van der Waals surface area contributed by atoms with Gasteiger partial charge in [-0.05, 0) is 38.1 Å². The standard InChI is InChI=1S/C17H22N2O3S/c1-5-22-15-8-6-14(7-9-15)18-17-19(10-11-21-4)12(2)16(23-17)13(3)20/h6-9H,5,10-11H2,1-4H3. The summed E-state index contributed by atoms with van der Waals surface area (Å²) in [4.78, 5) is 18.0. The van der Waals surface area contributed by atoms with Gasteiger partial charge in [0, 0.05) is 26.3 Å². The van der Waals surface area contributed by atoms with Crippen LogP contribution >= 0.6 is 11.3 Å². The van der Waals surface area contributed by atoms with Crippen molar-refractivity contribution in [2.45, 2.75) is 27.3 Å². The molecule has 0 radical (unpaired) electrons. The van der Waals surface area contributed by atoms with Crippen LogP contribution in [0.4, 0.5) is 5.69 Å². The molecule has 0 aliphatic rings. The third-order valence-electron chi connectivity index (χ3n) is 3.37. The predicted molar refractivity (Wildman–Crippen MR) is 91.8 cm³/mol. The average Bonchev–Trinajstić information content (AvgIpc) is 2.84. The molecule has 0 N–H and O–H groups in total. The maximum absolute atomic E-state index is 11.8. The summed E-state index contributed by atoms with van der Waals surface area (Å²) in [5.41, 5.74) is 1.76. The maximum atomic E-state index is 11.8. The number of ether oxygens (including phenoxy) is 2. The third-order valence-corrected chi connectivity index (χ3v) is 4.65. The van der Waals surface area contributed by atoms with E-state index < -0.39 is 0 Å². The molecule has 124 valence electrons. The molecule has 1 aromatic heterocycles. The molecule has 0 bridgehead atoms. The summed E-state index contributed by atoms with van der Waals surface area (Å²) < 4.78 is 12.6. The predicted octanol–water partition coefficient (Wildman–Crippen LogP) is 3.34. The SMILES string of the molecule is CCOc1ccc(N=c2sc(C(C)=O)c(C)n2CCOC)cc1. The number of hydrogen-bond acceptors (Lipinski definition) is 5. The molecule has 1 heterocycles. The van der Waals surface area contributed by atoms with Crippen molar-refractivity contribution in [1.29, 1.82) is 0 Å². The number of carbonyl (C=O) groups is 1. The van der Waals surface area contributed by atoms with E-state index in [1.54, 1.807) is 14.0 Å². The van der Waals surface area contributed by atoms with Gasteiger partial charge in [0.1, 0.15) is 5.75 Å². The number of aromatic nitrogens is 1. The minimum absolute atomic E-state index is 0.0619. The van der Waals surface area contributed by atoms with E-state index in [1.807, 2.05) is 42.7 Å². The Balaban J connectivity index is 2.43. The first kappa shape index (κ1) is 17.4. The first-order chi connectivity index (χ1) is 11.1. The summed E-state index contributed by atoms with van der Waals surface area (Å²) in [6.07, 6.45) is 0. The fourth-order valence-electron chi connectivity index (χ4n) is 2.24. The number of hydrogen-bond donors (Lipinski definition) is 0. The molecule has 0 saturated heterocycles. The van der Waals surface area contributed by atoms with Crippen LogP contribution in [0.5, 0.6) is 5.75 Å². The number of benzene rings is 1. The van der Waals surface area contributed by atoms with Crippen molar-refractivity contribution in [3.63, 3.8) is 0 Å². The Hall–Kier alpha value is -1.92. The van der Waals surface area contributed by atoms with Crippen LogP contribution in [0.25, 0.3) is 0 Å². The quantitative estimate of drug-likeness (QED) is 0.730. The van der Waals surface area contributed by atoms with Gasteiger partial charge >= 0.3 is 0 Å². The fraction of sp³-hybridized carbons (Fsp3) is 0.412. The summed E-state index contributed by atoms with van der Waals surface area (Å²) in [5.74, 6) is 0.886. The van der Waals surface area contributed by atoms with Gasteiger partial charge in [0.2, 0.25) is 0 Å². The van der Waals surface area contributed by atoms with Crippen molar-refractivity contribution in [2.75, 3.05) is 20.3 Å². The second kappa shape index (κ2) is 8.08.